The topological polar surface area (TPSA) is 111 Å². The number of nitrogens with two attached hydrogens (primary N) is 2. The number of carbonyl (C=O) groups excluding carboxylic acids is 2. The predicted octanol–water partition coefficient (Wildman–Crippen LogP) is 2.53. The van der Waals surface area contributed by atoms with E-state index in [1.54, 1.807) is 13.0 Å². The summed E-state index contributed by atoms with van der Waals surface area (Å²) < 4.78 is 5.01. The third-order valence-electron chi connectivity index (χ3n) is 3.12. The van der Waals surface area contributed by atoms with Crippen LogP contribution in [0.4, 0.5) is 0 Å². The summed E-state index contributed by atoms with van der Waals surface area (Å²) in [4.78, 5) is 26.2. The van der Waals surface area contributed by atoms with Gasteiger partial charge in [0.1, 0.15) is 5.69 Å². The highest BCUT2D eigenvalue weighted by atomic mass is 35.5. The standard InChI is InChI=1S/C14H15Cl2N3O3/c1-2-22-14(21)13-12(8(17)5-10(18)20)11-7(16)3-6(15)4-9(11)19-13/h3-4,8,19H,2,5,17H2,1H3,(H2,18,20). The molecule has 0 saturated carbocycles. The highest BCUT2D eigenvalue weighted by Crippen LogP contribution is 2.36. The highest BCUT2D eigenvalue weighted by Gasteiger charge is 2.26. The number of aromatic nitrogens is 1. The molecule has 0 aliphatic rings. The number of esters is 1. The molecule has 0 aliphatic carbocycles. The first kappa shape index (κ1) is 16.6. The van der Waals surface area contributed by atoms with Crippen LogP contribution in [0.1, 0.15) is 35.4 Å². The Morgan fingerprint density at radius 3 is 2.64 bits per heavy atom. The van der Waals surface area contributed by atoms with Gasteiger partial charge in [-0.2, -0.15) is 0 Å². The molecule has 0 fully saturated rings. The van der Waals surface area contributed by atoms with Crippen LogP contribution in [0.5, 0.6) is 0 Å². The van der Waals surface area contributed by atoms with Gasteiger partial charge in [-0.15, -0.1) is 0 Å². The number of H-pyrrole nitrogens is 1. The summed E-state index contributed by atoms with van der Waals surface area (Å²) in [6, 6.07) is 2.37. The number of hydrogen-bond acceptors (Lipinski definition) is 4. The molecule has 6 nitrogen and oxygen atoms in total. The number of primary amides is 1. The molecular weight excluding hydrogens is 329 g/mol. The molecule has 0 saturated heterocycles. The molecule has 0 bridgehead atoms. The van der Waals surface area contributed by atoms with E-state index in [1.807, 2.05) is 0 Å². The number of benzene rings is 1. The van der Waals surface area contributed by atoms with Gasteiger partial charge in [-0.05, 0) is 19.1 Å². The van der Waals surface area contributed by atoms with Crippen molar-refractivity contribution >= 4 is 46.0 Å². The second-order valence-electron chi connectivity index (χ2n) is 4.72. The number of nitrogens with one attached hydrogen (secondary N) is 1. The SMILES string of the molecule is CCOC(=O)c1[nH]c2cc(Cl)cc(Cl)c2c1C(N)CC(N)=O. The smallest absolute Gasteiger partial charge is 0.355 e. The Morgan fingerprint density at radius 2 is 2.05 bits per heavy atom. The maximum atomic E-state index is 12.1. The summed E-state index contributed by atoms with van der Waals surface area (Å²) in [6.07, 6.45) is -0.127. The van der Waals surface area contributed by atoms with Gasteiger partial charge in [0.2, 0.25) is 5.91 Å². The Hall–Kier alpha value is -1.76. The molecule has 8 heteroatoms. The molecule has 0 aliphatic heterocycles. The number of amides is 1. The Bertz CT molecular complexity index is 742. The van der Waals surface area contributed by atoms with Crippen molar-refractivity contribution in [3.8, 4) is 0 Å². The Kier molecular flexibility index (Phi) is 4.95. The summed E-state index contributed by atoms with van der Waals surface area (Å²) in [5, 5.41) is 1.26. The van der Waals surface area contributed by atoms with Crippen molar-refractivity contribution in [3.63, 3.8) is 0 Å². The number of halogens is 2. The summed E-state index contributed by atoms with van der Waals surface area (Å²) in [5.74, 6) is -1.16. The minimum absolute atomic E-state index is 0.127. The number of hydrogen-bond donors (Lipinski definition) is 3. The average molecular weight is 344 g/mol. The first-order chi connectivity index (χ1) is 10.3. The molecule has 1 atom stereocenters. The third-order valence-corrected chi connectivity index (χ3v) is 3.64. The Morgan fingerprint density at radius 1 is 1.36 bits per heavy atom. The molecule has 118 valence electrons. The van der Waals surface area contributed by atoms with Gasteiger partial charge in [0.25, 0.3) is 0 Å². The van der Waals surface area contributed by atoms with E-state index in [4.69, 9.17) is 39.4 Å². The number of ether oxygens (including phenoxy) is 1. The van der Waals surface area contributed by atoms with Crippen LogP contribution >= 0.6 is 23.2 Å². The maximum absolute atomic E-state index is 12.1. The first-order valence-corrected chi connectivity index (χ1v) is 7.32. The summed E-state index contributed by atoms with van der Waals surface area (Å²) in [7, 11) is 0. The van der Waals surface area contributed by atoms with Crippen molar-refractivity contribution in [2.75, 3.05) is 6.61 Å². The van der Waals surface area contributed by atoms with Crippen LogP contribution in [-0.4, -0.2) is 23.5 Å². The van der Waals surface area contributed by atoms with Crippen LogP contribution in [0.15, 0.2) is 12.1 Å². The van der Waals surface area contributed by atoms with Crippen LogP contribution in [0.2, 0.25) is 10.0 Å². The lowest BCUT2D eigenvalue weighted by Crippen LogP contribution is -2.22. The van der Waals surface area contributed by atoms with Gasteiger partial charge in [-0.3, -0.25) is 4.79 Å². The summed E-state index contributed by atoms with van der Waals surface area (Å²) >= 11 is 12.2. The minimum atomic E-state index is -0.788. The van der Waals surface area contributed by atoms with Crippen molar-refractivity contribution in [3.05, 3.63) is 33.4 Å². The minimum Gasteiger partial charge on any atom is -0.461 e. The van der Waals surface area contributed by atoms with Gasteiger partial charge >= 0.3 is 5.97 Å². The maximum Gasteiger partial charge on any atom is 0.355 e. The molecule has 1 heterocycles. The molecule has 22 heavy (non-hydrogen) atoms. The normalized spacial score (nSPS) is 12.4. The lowest BCUT2D eigenvalue weighted by atomic mass is 10.0. The van der Waals surface area contributed by atoms with Gasteiger partial charge in [0, 0.05) is 34.0 Å². The molecule has 1 unspecified atom stereocenters. The molecule has 5 N–H and O–H groups in total. The van der Waals surface area contributed by atoms with Crippen molar-refractivity contribution in [2.45, 2.75) is 19.4 Å². The lowest BCUT2D eigenvalue weighted by molar-refractivity contribution is -0.118. The summed E-state index contributed by atoms with van der Waals surface area (Å²) in [5.41, 5.74) is 12.3. The largest absolute Gasteiger partial charge is 0.461 e. The quantitative estimate of drug-likeness (QED) is 0.724. The van der Waals surface area contributed by atoms with Gasteiger partial charge < -0.3 is 21.2 Å². The van der Waals surface area contributed by atoms with E-state index < -0.39 is 17.9 Å². The number of aromatic amines is 1. The van der Waals surface area contributed by atoms with Crippen LogP contribution in [0.25, 0.3) is 10.9 Å². The average Bonchev–Trinajstić information content (AvgIpc) is 2.77. The van der Waals surface area contributed by atoms with Crippen molar-refractivity contribution in [2.24, 2.45) is 11.5 Å². The molecule has 0 spiro atoms. The van der Waals surface area contributed by atoms with Gasteiger partial charge in [-0.25, -0.2) is 4.79 Å². The van der Waals surface area contributed by atoms with Crippen molar-refractivity contribution < 1.29 is 14.3 Å². The molecule has 0 radical (unpaired) electrons. The van der Waals surface area contributed by atoms with Crippen LogP contribution in [0.3, 0.4) is 0 Å². The van der Waals surface area contributed by atoms with Gasteiger partial charge in [-0.1, -0.05) is 23.2 Å². The first-order valence-electron chi connectivity index (χ1n) is 6.56. The molecule has 2 rings (SSSR count). The zero-order chi connectivity index (χ0) is 16.4. The summed E-state index contributed by atoms with van der Waals surface area (Å²) in [6.45, 7) is 1.89. The number of fused-ring (bicyclic) bond motifs is 1. The molecular formula is C14H15Cl2N3O3. The van der Waals surface area contributed by atoms with Crippen LogP contribution in [-0.2, 0) is 9.53 Å². The number of carbonyl (C=O) groups is 2. The lowest BCUT2D eigenvalue weighted by Gasteiger charge is -2.12. The van der Waals surface area contributed by atoms with E-state index in [1.165, 1.54) is 6.07 Å². The van der Waals surface area contributed by atoms with Crippen molar-refractivity contribution in [1.29, 1.82) is 0 Å². The highest BCUT2D eigenvalue weighted by molar-refractivity contribution is 6.39. The van der Waals surface area contributed by atoms with E-state index in [2.05, 4.69) is 4.98 Å². The van der Waals surface area contributed by atoms with Crippen molar-refractivity contribution in [1.82, 2.24) is 4.98 Å². The van der Waals surface area contributed by atoms with Gasteiger partial charge in [0.05, 0.1) is 11.6 Å². The molecule has 1 aromatic heterocycles. The number of rotatable bonds is 5. The Balaban J connectivity index is 2.69. The van der Waals surface area contributed by atoms with E-state index in [0.717, 1.165) is 0 Å². The van der Waals surface area contributed by atoms with E-state index in [0.29, 0.717) is 26.5 Å². The fraction of sp³-hybridized carbons (Fsp3) is 0.286. The van der Waals surface area contributed by atoms with E-state index >= 15 is 0 Å². The molecule has 1 amide bonds. The fourth-order valence-corrected chi connectivity index (χ4v) is 2.92. The second kappa shape index (κ2) is 6.56. The van der Waals surface area contributed by atoms with E-state index in [9.17, 15) is 9.59 Å². The van der Waals surface area contributed by atoms with Gasteiger partial charge in [0.15, 0.2) is 0 Å². The van der Waals surface area contributed by atoms with Crippen LogP contribution < -0.4 is 11.5 Å². The van der Waals surface area contributed by atoms with E-state index in [-0.39, 0.29) is 18.7 Å². The molecule has 2 aromatic rings. The second-order valence-corrected chi connectivity index (χ2v) is 5.56. The predicted molar refractivity (Wildman–Crippen MR) is 85.0 cm³/mol. The monoisotopic (exact) mass is 343 g/mol. The fourth-order valence-electron chi connectivity index (χ4n) is 2.33. The zero-order valence-electron chi connectivity index (χ0n) is 11.8. The van der Waals surface area contributed by atoms with Crippen LogP contribution in [0, 0.1) is 0 Å². The Labute approximate surface area is 136 Å². The third kappa shape index (κ3) is 3.19. The molecule has 1 aromatic carbocycles. The zero-order valence-corrected chi connectivity index (χ0v) is 13.3.